The number of carbonyl (C=O) groups excluding carboxylic acids is 1. The second kappa shape index (κ2) is 5.92. The van der Waals surface area contributed by atoms with Crippen LogP contribution in [0.1, 0.15) is 0 Å². The van der Waals surface area contributed by atoms with Crippen molar-refractivity contribution in [2.45, 2.75) is 5.22 Å². The SMILES string of the molecule is Nc1ccc(NC(=O)CSc2ncco2)c(Br)c1. The van der Waals surface area contributed by atoms with Gasteiger partial charge in [-0.25, -0.2) is 4.98 Å². The van der Waals surface area contributed by atoms with Gasteiger partial charge in [-0.15, -0.1) is 0 Å². The minimum Gasteiger partial charge on any atom is -0.440 e. The number of anilines is 2. The molecule has 5 nitrogen and oxygen atoms in total. The minimum atomic E-state index is -0.135. The predicted molar refractivity (Wildman–Crippen MR) is 74.4 cm³/mol. The summed E-state index contributed by atoms with van der Waals surface area (Å²) in [7, 11) is 0. The molecule has 2 rings (SSSR count). The Kier molecular flexibility index (Phi) is 4.27. The number of nitrogen functional groups attached to an aromatic ring is 1. The van der Waals surface area contributed by atoms with Gasteiger partial charge in [-0.3, -0.25) is 4.79 Å². The van der Waals surface area contributed by atoms with Crippen molar-refractivity contribution in [3.8, 4) is 0 Å². The average molecular weight is 328 g/mol. The van der Waals surface area contributed by atoms with Crippen LogP contribution in [0.5, 0.6) is 0 Å². The van der Waals surface area contributed by atoms with E-state index in [2.05, 4.69) is 26.2 Å². The van der Waals surface area contributed by atoms with Gasteiger partial charge in [0.15, 0.2) is 0 Å². The molecule has 0 aliphatic heterocycles. The third-order valence-electron chi connectivity index (χ3n) is 2.00. The molecule has 1 aromatic carbocycles. The maximum Gasteiger partial charge on any atom is 0.256 e. The molecule has 0 aliphatic rings. The Labute approximate surface area is 116 Å². The Balaban J connectivity index is 1.91. The number of thioether (sulfide) groups is 1. The summed E-state index contributed by atoms with van der Waals surface area (Å²) in [6, 6.07) is 5.20. The molecule has 0 unspecified atom stereocenters. The number of hydrogen-bond donors (Lipinski definition) is 2. The maximum absolute atomic E-state index is 11.7. The van der Waals surface area contributed by atoms with Gasteiger partial charge in [-0.1, -0.05) is 11.8 Å². The Hall–Kier alpha value is -1.47. The molecule has 0 spiro atoms. The topological polar surface area (TPSA) is 81.1 Å². The molecule has 0 bridgehead atoms. The van der Waals surface area contributed by atoms with Crippen LogP contribution in [0, 0.1) is 0 Å². The fraction of sp³-hybridized carbons (Fsp3) is 0.0909. The highest BCUT2D eigenvalue weighted by molar-refractivity contribution is 9.10. The standard InChI is InChI=1S/C11H10BrN3O2S/c12-8-5-7(13)1-2-9(8)15-10(16)6-18-11-14-3-4-17-11/h1-5H,6,13H2,(H,15,16). The fourth-order valence-electron chi connectivity index (χ4n) is 1.23. The second-order valence-electron chi connectivity index (χ2n) is 3.37. The molecule has 18 heavy (non-hydrogen) atoms. The number of aromatic nitrogens is 1. The minimum absolute atomic E-state index is 0.135. The number of rotatable bonds is 4. The van der Waals surface area contributed by atoms with Gasteiger partial charge in [0.2, 0.25) is 5.91 Å². The molecule has 1 heterocycles. The molecular formula is C11H10BrN3O2S. The molecule has 3 N–H and O–H groups in total. The molecule has 0 aliphatic carbocycles. The average Bonchev–Trinajstić information content (AvgIpc) is 2.83. The highest BCUT2D eigenvalue weighted by Gasteiger charge is 2.08. The number of nitrogens with two attached hydrogens (primary N) is 1. The molecule has 1 amide bonds. The van der Waals surface area contributed by atoms with Crippen molar-refractivity contribution in [3.63, 3.8) is 0 Å². The lowest BCUT2D eigenvalue weighted by Gasteiger charge is -2.07. The van der Waals surface area contributed by atoms with Crippen LogP contribution in [0.15, 0.2) is 44.8 Å². The van der Waals surface area contributed by atoms with Crippen molar-refractivity contribution in [2.75, 3.05) is 16.8 Å². The Bertz CT molecular complexity index is 545. The third-order valence-corrected chi connectivity index (χ3v) is 3.51. The third kappa shape index (κ3) is 3.51. The maximum atomic E-state index is 11.7. The van der Waals surface area contributed by atoms with E-state index in [1.165, 1.54) is 24.2 Å². The molecular weight excluding hydrogens is 318 g/mol. The highest BCUT2D eigenvalue weighted by Crippen LogP contribution is 2.25. The number of oxazole rings is 1. The van der Waals surface area contributed by atoms with Gasteiger partial charge in [-0.2, -0.15) is 0 Å². The van der Waals surface area contributed by atoms with E-state index >= 15 is 0 Å². The quantitative estimate of drug-likeness (QED) is 0.666. The molecule has 0 saturated carbocycles. The lowest BCUT2D eigenvalue weighted by molar-refractivity contribution is -0.113. The van der Waals surface area contributed by atoms with E-state index in [9.17, 15) is 4.79 Å². The lowest BCUT2D eigenvalue weighted by atomic mass is 10.3. The zero-order chi connectivity index (χ0) is 13.0. The number of nitrogens with one attached hydrogen (secondary N) is 1. The summed E-state index contributed by atoms with van der Waals surface area (Å²) in [6.45, 7) is 0. The molecule has 0 radical (unpaired) electrons. The number of nitrogens with zero attached hydrogens (tertiary/aromatic N) is 1. The van der Waals surface area contributed by atoms with Crippen LogP contribution in [-0.4, -0.2) is 16.6 Å². The van der Waals surface area contributed by atoms with Gasteiger partial charge in [-0.05, 0) is 34.1 Å². The van der Waals surface area contributed by atoms with E-state index in [0.717, 1.165) is 4.47 Å². The number of carbonyl (C=O) groups is 1. The van der Waals surface area contributed by atoms with Gasteiger partial charge < -0.3 is 15.5 Å². The molecule has 0 fully saturated rings. The summed E-state index contributed by atoms with van der Waals surface area (Å²) in [6.07, 6.45) is 3.01. The molecule has 0 atom stereocenters. The largest absolute Gasteiger partial charge is 0.440 e. The van der Waals surface area contributed by atoms with Crippen molar-refractivity contribution in [3.05, 3.63) is 35.1 Å². The van der Waals surface area contributed by atoms with Crippen LogP contribution in [0.25, 0.3) is 0 Å². The van der Waals surface area contributed by atoms with E-state index in [1.807, 2.05) is 0 Å². The van der Waals surface area contributed by atoms with Gasteiger partial charge >= 0.3 is 0 Å². The first-order chi connectivity index (χ1) is 8.65. The van der Waals surface area contributed by atoms with E-state index in [4.69, 9.17) is 10.2 Å². The van der Waals surface area contributed by atoms with Crippen LogP contribution >= 0.6 is 27.7 Å². The molecule has 7 heteroatoms. The smallest absolute Gasteiger partial charge is 0.256 e. The first kappa shape index (κ1) is 13.0. The Morgan fingerprint density at radius 1 is 1.56 bits per heavy atom. The van der Waals surface area contributed by atoms with Crippen molar-refractivity contribution in [1.29, 1.82) is 0 Å². The number of halogens is 1. The van der Waals surface area contributed by atoms with Crippen LogP contribution in [0.4, 0.5) is 11.4 Å². The first-order valence-electron chi connectivity index (χ1n) is 5.02. The first-order valence-corrected chi connectivity index (χ1v) is 6.80. The predicted octanol–water partition coefficient (Wildman–Crippen LogP) is 2.75. The molecule has 94 valence electrons. The van der Waals surface area contributed by atoms with Crippen molar-refractivity contribution in [2.24, 2.45) is 0 Å². The summed E-state index contributed by atoms with van der Waals surface area (Å²) in [4.78, 5) is 15.6. The lowest BCUT2D eigenvalue weighted by Crippen LogP contribution is -2.14. The zero-order valence-corrected chi connectivity index (χ0v) is 11.6. The Morgan fingerprint density at radius 3 is 3.06 bits per heavy atom. The van der Waals surface area contributed by atoms with Crippen LogP contribution in [0.3, 0.4) is 0 Å². The highest BCUT2D eigenvalue weighted by atomic mass is 79.9. The fourth-order valence-corrected chi connectivity index (χ4v) is 2.31. The van der Waals surface area contributed by atoms with Gasteiger partial charge in [0, 0.05) is 10.2 Å². The second-order valence-corrected chi connectivity index (χ2v) is 5.16. The summed E-state index contributed by atoms with van der Waals surface area (Å²) < 4.78 is 5.77. The van der Waals surface area contributed by atoms with Crippen molar-refractivity contribution >= 4 is 45.0 Å². The van der Waals surface area contributed by atoms with Crippen LogP contribution < -0.4 is 11.1 Å². The summed E-state index contributed by atoms with van der Waals surface area (Å²) >= 11 is 4.57. The molecule has 2 aromatic rings. The van der Waals surface area contributed by atoms with E-state index < -0.39 is 0 Å². The van der Waals surface area contributed by atoms with E-state index in [-0.39, 0.29) is 11.7 Å². The van der Waals surface area contributed by atoms with Gasteiger partial charge in [0.1, 0.15) is 6.26 Å². The summed E-state index contributed by atoms with van der Waals surface area (Å²) in [5, 5.41) is 3.24. The van der Waals surface area contributed by atoms with E-state index in [1.54, 1.807) is 18.2 Å². The molecule has 1 aromatic heterocycles. The van der Waals surface area contributed by atoms with Crippen LogP contribution in [0.2, 0.25) is 0 Å². The Morgan fingerprint density at radius 2 is 2.39 bits per heavy atom. The van der Waals surface area contributed by atoms with Crippen LogP contribution in [-0.2, 0) is 4.79 Å². The van der Waals surface area contributed by atoms with Crippen molar-refractivity contribution < 1.29 is 9.21 Å². The number of amides is 1. The normalized spacial score (nSPS) is 10.3. The summed E-state index contributed by atoms with van der Waals surface area (Å²) in [5.74, 6) is 0.0980. The van der Waals surface area contributed by atoms with E-state index in [0.29, 0.717) is 16.6 Å². The van der Waals surface area contributed by atoms with Gasteiger partial charge in [0.25, 0.3) is 5.22 Å². The van der Waals surface area contributed by atoms with Gasteiger partial charge in [0.05, 0.1) is 17.6 Å². The monoisotopic (exact) mass is 327 g/mol. The zero-order valence-electron chi connectivity index (χ0n) is 9.22. The van der Waals surface area contributed by atoms with Crippen molar-refractivity contribution in [1.82, 2.24) is 4.98 Å². The number of hydrogen-bond acceptors (Lipinski definition) is 5. The number of benzene rings is 1. The summed E-state index contributed by atoms with van der Waals surface area (Å²) in [5.41, 5.74) is 6.93. The molecule has 0 saturated heterocycles.